The highest BCUT2D eigenvalue weighted by atomic mass is 32.1. The van der Waals surface area contributed by atoms with E-state index in [1.807, 2.05) is 13.0 Å². The molecule has 0 atom stereocenters. The van der Waals surface area contributed by atoms with Crippen molar-refractivity contribution < 1.29 is 9.53 Å². The number of aryl methyl sites for hydroxylation is 1. The van der Waals surface area contributed by atoms with Crippen molar-refractivity contribution in [3.8, 4) is 0 Å². The second-order valence-electron chi connectivity index (χ2n) is 3.20. The fraction of sp³-hybridized carbons (Fsp3) is 0.500. The van der Waals surface area contributed by atoms with Gasteiger partial charge in [-0.1, -0.05) is 0 Å². The van der Waals surface area contributed by atoms with Crippen molar-refractivity contribution in [2.45, 2.75) is 19.8 Å². The summed E-state index contributed by atoms with van der Waals surface area (Å²) in [6.07, 6.45) is 2.22. The maximum absolute atomic E-state index is 11.4. The molecule has 0 unspecified atom stereocenters. The molecule has 0 radical (unpaired) electrons. The minimum absolute atomic E-state index is 0.200. The zero-order chi connectivity index (χ0) is 9.97. The first kappa shape index (κ1) is 9.52. The fourth-order valence-electron chi connectivity index (χ4n) is 1.54. The van der Waals surface area contributed by atoms with Gasteiger partial charge in [-0.05, 0) is 25.8 Å². The molecular weight excluding hydrogens is 198 g/mol. The van der Waals surface area contributed by atoms with Gasteiger partial charge in [-0.3, -0.25) is 0 Å². The van der Waals surface area contributed by atoms with Gasteiger partial charge in [0.2, 0.25) is 0 Å². The lowest BCUT2D eigenvalue weighted by Gasteiger charge is -2.11. The molecule has 4 heteroatoms. The van der Waals surface area contributed by atoms with E-state index in [1.165, 1.54) is 4.88 Å². The van der Waals surface area contributed by atoms with Crippen LogP contribution in [0.15, 0.2) is 6.07 Å². The molecule has 0 bridgehead atoms. The number of hydrogen-bond donors (Lipinski definition) is 1. The molecule has 0 aliphatic carbocycles. The largest absolute Gasteiger partial charge is 0.462 e. The first-order valence-corrected chi connectivity index (χ1v) is 5.66. The van der Waals surface area contributed by atoms with E-state index < -0.39 is 0 Å². The number of carbonyl (C=O) groups excluding carboxylic acids is 1. The average Bonchev–Trinajstić information content (AvgIpc) is 2.61. The zero-order valence-electron chi connectivity index (χ0n) is 8.13. The van der Waals surface area contributed by atoms with Gasteiger partial charge in [-0.2, -0.15) is 0 Å². The third-order valence-corrected chi connectivity index (χ3v) is 3.36. The monoisotopic (exact) mass is 211 g/mol. The van der Waals surface area contributed by atoms with Crippen LogP contribution in [0, 0.1) is 0 Å². The summed E-state index contributed by atoms with van der Waals surface area (Å²) >= 11 is 1.55. The Bertz CT molecular complexity index is 322. The van der Waals surface area contributed by atoms with Crippen LogP contribution in [0.4, 0.5) is 5.69 Å². The van der Waals surface area contributed by atoms with Crippen LogP contribution in [0.3, 0.4) is 0 Å². The quantitative estimate of drug-likeness (QED) is 0.763. The molecule has 0 spiro atoms. The Labute approximate surface area is 87.1 Å². The van der Waals surface area contributed by atoms with Crippen LogP contribution >= 0.6 is 11.3 Å². The normalized spacial score (nSPS) is 14.4. The molecule has 1 N–H and O–H groups in total. The van der Waals surface area contributed by atoms with E-state index in [0.717, 1.165) is 25.1 Å². The van der Waals surface area contributed by atoms with Gasteiger partial charge in [-0.25, -0.2) is 4.79 Å². The molecule has 0 fully saturated rings. The minimum Gasteiger partial charge on any atom is -0.462 e. The van der Waals surface area contributed by atoms with Crippen LogP contribution in [-0.2, 0) is 11.2 Å². The lowest BCUT2D eigenvalue weighted by Crippen LogP contribution is -2.08. The number of fused-ring (bicyclic) bond motifs is 1. The third kappa shape index (κ3) is 1.75. The summed E-state index contributed by atoms with van der Waals surface area (Å²) in [6.45, 7) is 3.27. The van der Waals surface area contributed by atoms with Gasteiger partial charge in [0, 0.05) is 17.1 Å². The smallest absolute Gasteiger partial charge is 0.348 e. The summed E-state index contributed by atoms with van der Waals surface area (Å²) in [5, 5.41) is 3.28. The molecule has 1 aromatic rings. The Hall–Kier alpha value is -1.03. The minimum atomic E-state index is -0.200. The van der Waals surface area contributed by atoms with E-state index >= 15 is 0 Å². The Morgan fingerprint density at radius 2 is 2.57 bits per heavy atom. The summed E-state index contributed by atoms with van der Waals surface area (Å²) in [7, 11) is 0. The van der Waals surface area contributed by atoms with Gasteiger partial charge in [0.15, 0.2) is 0 Å². The average molecular weight is 211 g/mol. The molecule has 3 nitrogen and oxygen atoms in total. The number of anilines is 1. The second-order valence-corrected chi connectivity index (χ2v) is 4.34. The topological polar surface area (TPSA) is 38.3 Å². The fourth-order valence-corrected chi connectivity index (χ4v) is 2.61. The van der Waals surface area contributed by atoms with Gasteiger partial charge >= 0.3 is 5.97 Å². The first-order valence-electron chi connectivity index (χ1n) is 4.85. The van der Waals surface area contributed by atoms with E-state index in [-0.39, 0.29) is 5.97 Å². The highest BCUT2D eigenvalue weighted by Gasteiger charge is 2.17. The maximum Gasteiger partial charge on any atom is 0.348 e. The predicted molar refractivity (Wildman–Crippen MR) is 57.1 cm³/mol. The van der Waals surface area contributed by atoms with Crippen LogP contribution in [-0.4, -0.2) is 19.1 Å². The summed E-state index contributed by atoms with van der Waals surface area (Å²) < 4.78 is 4.95. The van der Waals surface area contributed by atoms with Crippen LogP contribution in [0.2, 0.25) is 0 Å². The number of ether oxygens (including phenoxy) is 1. The van der Waals surface area contributed by atoms with Crippen molar-refractivity contribution in [1.82, 2.24) is 0 Å². The number of nitrogens with one attached hydrogen (secondary N) is 1. The van der Waals surface area contributed by atoms with Crippen molar-refractivity contribution in [2.24, 2.45) is 0 Å². The number of thiophene rings is 1. The molecule has 1 aliphatic rings. The number of esters is 1. The third-order valence-electron chi connectivity index (χ3n) is 2.18. The Kier molecular flexibility index (Phi) is 2.72. The van der Waals surface area contributed by atoms with Crippen molar-refractivity contribution in [3.63, 3.8) is 0 Å². The number of hydrogen-bond acceptors (Lipinski definition) is 4. The molecule has 76 valence electrons. The van der Waals surface area contributed by atoms with Gasteiger partial charge in [0.05, 0.1) is 6.61 Å². The number of carbonyl (C=O) groups is 1. The van der Waals surface area contributed by atoms with Gasteiger partial charge < -0.3 is 10.1 Å². The van der Waals surface area contributed by atoms with Crippen molar-refractivity contribution in [1.29, 1.82) is 0 Å². The zero-order valence-corrected chi connectivity index (χ0v) is 8.95. The lowest BCUT2D eigenvalue weighted by molar-refractivity contribution is 0.0532. The van der Waals surface area contributed by atoms with Crippen molar-refractivity contribution >= 4 is 23.0 Å². The molecule has 0 aromatic carbocycles. The van der Waals surface area contributed by atoms with Crippen molar-refractivity contribution in [3.05, 3.63) is 15.8 Å². The van der Waals surface area contributed by atoms with Crippen LogP contribution in [0.25, 0.3) is 0 Å². The molecule has 1 aliphatic heterocycles. The Morgan fingerprint density at radius 1 is 1.71 bits per heavy atom. The lowest BCUT2D eigenvalue weighted by atomic mass is 10.2. The number of rotatable bonds is 2. The molecule has 2 heterocycles. The molecule has 0 amide bonds. The maximum atomic E-state index is 11.4. The van der Waals surface area contributed by atoms with Gasteiger partial charge in [0.1, 0.15) is 4.88 Å². The Morgan fingerprint density at radius 3 is 3.29 bits per heavy atom. The first-order chi connectivity index (χ1) is 6.81. The van der Waals surface area contributed by atoms with Crippen LogP contribution < -0.4 is 5.32 Å². The molecule has 1 aromatic heterocycles. The standard InChI is InChI=1S/C10H13NO2S/c1-2-13-10(12)9-6-7-8(14-9)4-3-5-11-7/h6,11H,2-5H2,1H3. The Balaban J connectivity index is 2.19. The van der Waals surface area contributed by atoms with Gasteiger partial charge in [-0.15, -0.1) is 11.3 Å². The van der Waals surface area contributed by atoms with Crippen molar-refractivity contribution in [2.75, 3.05) is 18.5 Å². The summed E-state index contributed by atoms with van der Waals surface area (Å²) in [6, 6.07) is 1.90. The second kappa shape index (κ2) is 4.00. The molecule has 14 heavy (non-hydrogen) atoms. The van der Waals surface area contributed by atoms with Crippen LogP contribution in [0.5, 0.6) is 0 Å². The molecule has 0 saturated carbocycles. The van der Waals surface area contributed by atoms with E-state index in [2.05, 4.69) is 5.32 Å². The highest BCUT2D eigenvalue weighted by molar-refractivity contribution is 7.14. The summed E-state index contributed by atoms with van der Waals surface area (Å²) in [5.41, 5.74) is 1.12. The molecule has 2 rings (SSSR count). The van der Waals surface area contributed by atoms with E-state index in [9.17, 15) is 4.79 Å². The van der Waals surface area contributed by atoms with E-state index in [1.54, 1.807) is 11.3 Å². The molecular formula is C10H13NO2S. The summed E-state index contributed by atoms with van der Waals surface area (Å²) in [5.74, 6) is -0.200. The predicted octanol–water partition coefficient (Wildman–Crippen LogP) is 2.28. The molecule has 0 saturated heterocycles. The summed E-state index contributed by atoms with van der Waals surface area (Å²) in [4.78, 5) is 13.4. The van der Waals surface area contributed by atoms with Gasteiger partial charge in [0.25, 0.3) is 0 Å². The van der Waals surface area contributed by atoms with E-state index in [4.69, 9.17) is 4.74 Å². The van der Waals surface area contributed by atoms with E-state index in [0.29, 0.717) is 11.5 Å². The highest BCUT2D eigenvalue weighted by Crippen LogP contribution is 2.31. The van der Waals surface area contributed by atoms with Crippen LogP contribution in [0.1, 0.15) is 27.9 Å². The SMILES string of the molecule is CCOC(=O)c1cc2c(s1)CCCN2.